The number of ether oxygens (including phenoxy) is 2. The van der Waals surface area contributed by atoms with Gasteiger partial charge in [-0.3, -0.25) is 14.4 Å². The van der Waals surface area contributed by atoms with Crippen LogP contribution in [-0.2, 0) is 23.9 Å². The van der Waals surface area contributed by atoms with Crippen LogP contribution in [0.1, 0.15) is 19.8 Å². The second-order valence-electron chi connectivity index (χ2n) is 6.70. The van der Waals surface area contributed by atoms with Crippen molar-refractivity contribution in [2.24, 2.45) is 28.6 Å². The number of Topliss-reactive ketones (excluding diaryl/α,β-unsaturated/α-hetero) is 1. The summed E-state index contributed by atoms with van der Waals surface area (Å²) >= 11 is 0. The SMILES string of the molecule is C=C1CC(C(=O)OC)(C(=O)OC)[C@@H]2[C@H]1C(=O)[C@@H]1CC=C[C@@]12C. The van der Waals surface area contributed by atoms with E-state index < -0.39 is 34.6 Å². The summed E-state index contributed by atoms with van der Waals surface area (Å²) < 4.78 is 9.86. The number of ketones is 1. The molecule has 3 rings (SSSR count). The molecule has 0 bridgehead atoms. The van der Waals surface area contributed by atoms with Gasteiger partial charge < -0.3 is 9.47 Å². The molecule has 0 unspecified atom stereocenters. The highest BCUT2D eigenvalue weighted by molar-refractivity contribution is 6.05. The third-order valence-electron chi connectivity index (χ3n) is 5.83. The third-order valence-corrected chi connectivity index (χ3v) is 5.83. The first-order chi connectivity index (χ1) is 10.3. The van der Waals surface area contributed by atoms with Gasteiger partial charge in [0.05, 0.1) is 14.2 Å². The van der Waals surface area contributed by atoms with Crippen molar-refractivity contribution in [3.63, 3.8) is 0 Å². The van der Waals surface area contributed by atoms with Gasteiger partial charge in [0.1, 0.15) is 5.78 Å². The highest BCUT2D eigenvalue weighted by Crippen LogP contribution is 2.67. The van der Waals surface area contributed by atoms with Gasteiger partial charge >= 0.3 is 11.9 Å². The van der Waals surface area contributed by atoms with Gasteiger partial charge in [-0.15, -0.1) is 0 Å². The molecule has 2 saturated carbocycles. The van der Waals surface area contributed by atoms with Gasteiger partial charge in [-0.05, 0) is 12.8 Å². The van der Waals surface area contributed by atoms with Crippen molar-refractivity contribution >= 4 is 17.7 Å². The molecule has 0 aromatic heterocycles. The molecule has 0 radical (unpaired) electrons. The minimum atomic E-state index is -1.47. The summed E-state index contributed by atoms with van der Waals surface area (Å²) in [5.74, 6) is -2.35. The van der Waals surface area contributed by atoms with Gasteiger partial charge in [-0.1, -0.05) is 31.2 Å². The Morgan fingerprint density at radius 1 is 1.27 bits per heavy atom. The lowest BCUT2D eigenvalue weighted by Gasteiger charge is -2.38. The molecule has 0 saturated heterocycles. The van der Waals surface area contributed by atoms with E-state index in [2.05, 4.69) is 6.58 Å². The van der Waals surface area contributed by atoms with Crippen LogP contribution < -0.4 is 0 Å². The Morgan fingerprint density at radius 3 is 2.41 bits per heavy atom. The van der Waals surface area contributed by atoms with E-state index in [1.165, 1.54) is 14.2 Å². The minimum Gasteiger partial charge on any atom is -0.468 e. The molecule has 3 aliphatic rings. The van der Waals surface area contributed by atoms with Crippen molar-refractivity contribution in [2.45, 2.75) is 19.8 Å². The Morgan fingerprint density at radius 2 is 1.86 bits per heavy atom. The van der Waals surface area contributed by atoms with Crippen LogP contribution >= 0.6 is 0 Å². The lowest BCUT2D eigenvalue weighted by molar-refractivity contribution is -0.175. The average Bonchev–Trinajstić information content (AvgIpc) is 3.09. The summed E-state index contributed by atoms with van der Waals surface area (Å²) in [5.41, 5.74) is -1.38. The molecule has 5 nitrogen and oxygen atoms in total. The third kappa shape index (κ3) is 1.46. The van der Waals surface area contributed by atoms with Gasteiger partial charge in [-0.2, -0.15) is 0 Å². The zero-order valence-corrected chi connectivity index (χ0v) is 13.0. The fourth-order valence-corrected chi connectivity index (χ4v) is 4.99. The first-order valence-electron chi connectivity index (χ1n) is 7.40. The molecule has 0 amide bonds. The Hall–Kier alpha value is -1.91. The molecule has 3 aliphatic carbocycles. The van der Waals surface area contributed by atoms with Crippen molar-refractivity contribution in [1.29, 1.82) is 0 Å². The van der Waals surface area contributed by atoms with Crippen LogP contribution in [0.2, 0.25) is 0 Å². The quantitative estimate of drug-likeness (QED) is 0.441. The number of rotatable bonds is 2. The molecule has 0 aromatic carbocycles. The monoisotopic (exact) mass is 304 g/mol. The summed E-state index contributed by atoms with van der Waals surface area (Å²) in [5, 5.41) is 0. The van der Waals surface area contributed by atoms with Crippen LogP contribution in [0.5, 0.6) is 0 Å². The summed E-state index contributed by atoms with van der Waals surface area (Å²) in [7, 11) is 2.51. The first-order valence-corrected chi connectivity index (χ1v) is 7.40. The molecule has 4 atom stereocenters. The van der Waals surface area contributed by atoms with Gasteiger partial charge in [0.15, 0.2) is 5.41 Å². The van der Waals surface area contributed by atoms with Gasteiger partial charge in [-0.25, -0.2) is 0 Å². The van der Waals surface area contributed by atoms with Crippen molar-refractivity contribution in [3.05, 3.63) is 24.3 Å². The van der Waals surface area contributed by atoms with Crippen LogP contribution in [-0.4, -0.2) is 31.9 Å². The smallest absolute Gasteiger partial charge is 0.323 e. The zero-order chi connectivity index (χ0) is 16.3. The number of hydrogen-bond donors (Lipinski definition) is 0. The average molecular weight is 304 g/mol. The lowest BCUT2D eigenvalue weighted by atomic mass is 9.63. The topological polar surface area (TPSA) is 69.7 Å². The highest BCUT2D eigenvalue weighted by Gasteiger charge is 2.73. The molecule has 5 heteroatoms. The number of carbonyl (C=O) groups is 3. The van der Waals surface area contributed by atoms with Gasteiger partial charge in [0, 0.05) is 23.2 Å². The van der Waals surface area contributed by atoms with Crippen LogP contribution in [0.4, 0.5) is 0 Å². The Bertz CT molecular complexity index is 601. The number of allylic oxidation sites excluding steroid dienone is 3. The minimum absolute atomic E-state index is 0.0807. The van der Waals surface area contributed by atoms with Crippen molar-refractivity contribution in [1.82, 2.24) is 0 Å². The first kappa shape index (κ1) is 15.0. The molecule has 2 fully saturated rings. The Kier molecular flexibility index (Phi) is 3.10. The van der Waals surface area contributed by atoms with Gasteiger partial charge in [0.25, 0.3) is 0 Å². The molecule has 118 valence electrons. The molecule has 0 aliphatic heterocycles. The van der Waals surface area contributed by atoms with Crippen LogP contribution in [0.25, 0.3) is 0 Å². The molecule has 0 heterocycles. The molecule has 0 N–H and O–H groups in total. The Balaban J connectivity index is 2.22. The van der Waals surface area contributed by atoms with E-state index in [0.29, 0.717) is 12.0 Å². The fraction of sp³-hybridized carbons (Fsp3) is 0.588. The van der Waals surface area contributed by atoms with Crippen LogP contribution in [0.3, 0.4) is 0 Å². The summed E-state index contributed by atoms with van der Waals surface area (Å²) in [6, 6.07) is 0. The maximum Gasteiger partial charge on any atom is 0.323 e. The van der Waals surface area contributed by atoms with Crippen molar-refractivity contribution in [3.8, 4) is 0 Å². The predicted octanol–water partition coefficient (Wildman–Crippen LogP) is 1.68. The van der Waals surface area contributed by atoms with E-state index in [-0.39, 0.29) is 18.1 Å². The highest BCUT2D eigenvalue weighted by atomic mass is 16.5. The van der Waals surface area contributed by atoms with E-state index >= 15 is 0 Å². The van der Waals surface area contributed by atoms with E-state index in [4.69, 9.17) is 9.47 Å². The molecule has 0 aromatic rings. The van der Waals surface area contributed by atoms with Crippen LogP contribution in [0.15, 0.2) is 24.3 Å². The number of esters is 2. The molecule has 0 spiro atoms. The van der Waals surface area contributed by atoms with Gasteiger partial charge in [0.2, 0.25) is 0 Å². The Labute approximate surface area is 129 Å². The maximum absolute atomic E-state index is 12.8. The second kappa shape index (κ2) is 4.54. The van der Waals surface area contributed by atoms with E-state index in [0.717, 1.165) is 0 Å². The van der Waals surface area contributed by atoms with E-state index in [1.54, 1.807) is 0 Å². The van der Waals surface area contributed by atoms with E-state index in [1.807, 2.05) is 19.1 Å². The predicted molar refractivity (Wildman–Crippen MR) is 77.6 cm³/mol. The number of hydrogen-bond acceptors (Lipinski definition) is 5. The zero-order valence-electron chi connectivity index (χ0n) is 13.0. The van der Waals surface area contributed by atoms with E-state index in [9.17, 15) is 14.4 Å². The number of carbonyl (C=O) groups excluding carboxylic acids is 3. The standard InChI is InChI=1S/C17H20O5/c1-9-8-17(14(19)21-3,15(20)22-4)13-11(9)12(18)10-6-5-7-16(10,13)2/h5,7,10-11,13H,1,6,8H2,2-4H3/t10-,11+,13+,16-/m0/s1. The number of fused-ring (bicyclic) bond motifs is 3. The lowest BCUT2D eigenvalue weighted by Crippen LogP contribution is -2.49. The largest absolute Gasteiger partial charge is 0.468 e. The second-order valence-corrected chi connectivity index (χ2v) is 6.70. The number of methoxy groups -OCH3 is 2. The van der Waals surface area contributed by atoms with Crippen LogP contribution in [0, 0.1) is 28.6 Å². The molecular formula is C17H20O5. The van der Waals surface area contributed by atoms with Crippen molar-refractivity contribution in [2.75, 3.05) is 14.2 Å². The molecular weight excluding hydrogens is 284 g/mol. The summed E-state index contributed by atoms with van der Waals surface area (Å²) in [6.45, 7) is 5.92. The maximum atomic E-state index is 12.8. The normalized spacial score (nSPS) is 37.9. The van der Waals surface area contributed by atoms with Crippen molar-refractivity contribution < 1.29 is 23.9 Å². The fourth-order valence-electron chi connectivity index (χ4n) is 4.99. The summed E-state index contributed by atoms with van der Waals surface area (Å²) in [6.07, 6.45) is 4.69. The summed E-state index contributed by atoms with van der Waals surface area (Å²) in [4.78, 5) is 37.9. The molecule has 22 heavy (non-hydrogen) atoms.